The topological polar surface area (TPSA) is 41.3 Å². The van der Waals surface area contributed by atoms with Crippen LogP contribution in [0.5, 0.6) is 0 Å². The maximum Gasteiger partial charge on any atom is 0.0392 e. The van der Waals surface area contributed by atoms with Crippen LogP contribution in [-0.4, -0.2) is 29.6 Å². The highest BCUT2D eigenvalue weighted by Gasteiger charge is 2.37. The number of rotatable bonds is 10. The maximum atomic E-state index is 5.91. The van der Waals surface area contributed by atoms with Gasteiger partial charge in [-0.05, 0) is 45.7 Å². The third kappa shape index (κ3) is 5.01. The van der Waals surface area contributed by atoms with Crippen LogP contribution in [0.1, 0.15) is 85.0 Å². The van der Waals surface area contributed by atoms with Crippen molar-refractivity contribution < 1.29 is 0 Å². The highest BCUT2D eigenvalue weighted by molar-refractivity contribution is 4.96. The molecule has 1 rings (SSSR count). The molecule has 0 spiro atoms. The number of nitrogens with one attached hydrogen (secondary N) is 1. The second kappa shape index (κ2) is 9.75. The number of likely N-dealkylation sites (tertiary alicyclic amines) is 1. The molecule has 0 bridgehead atoms. The quantitative estimate of drug-likeness (QED) is 0.364. The van der Waals surface area contributed by atoms with Gasteiger partial charge in [0.25, 0.3) is 0 Å². The molecule has 2 atom stereocenters. The van der Waals surface area contributed by atoms with Crippen molar-refractivity contribution in [3.63, 3.8) is 0 Å². The molecule has 120 valence electrons. The van der Waals surface area contributed by atoms with Gasteiger partial charge in [-0.1, -0.05) is 52.4 Å². The summed E-state index contributed by atoms with van der Waals surface area (Å²) in [7, 11) is 0. The van der Waals surface area contributed by atoms with Gasteiger partial charge in [0.05, 0.1) is 0 Å². The summed E-state index contributed by atoms with van der Waals surface area (Å²) >= 11 is 0. The van der Waals surface area contributed by atoms with E-state index in [4.69, 9.17) is 5.84 Å². The summed E-state index contributed by atoms with van der Waals surface area (Å²) in [5, 5.41) is 0. The van der Waals surface area contributed by atoms with Crippen LogP contribution in [0.25, 0.3) is 0 Å². The number of hydrogen-bond donors (Lipinski definition) is 2. The van der Waals surface area contributed by atoms with E-state index in [2.05, 4.69) is 31.1 Å². The lowest BCUT2D eigenvalue weighted by atomic mass is 9.83. The first-order valence-corrected chi connectivity index (χ1v) is 8.90. The molecule has 1 aliphatic rings. The molecule has 20 heavy (non-hydrogen) atoms. The summed E-state index contributed by atoms with van der Waals surface area (Å²) in [4.78, 5) is 2.69. The molecule has 0 aromatic heterocycles. The SMILES string of the molecule is CCCCCCCC(NN)C(C)(CC)N1CCCCC1. The van der Waals surface area contributed by atoms with Crippen LogP contribution in [0, 0.1) is 0 Å². The molecule has 3 heteroatoms. The molecule has 1 heterocycles. The van der Waals surface area contributed by atoms with Gasteiger partial charge in [0.1, 0.15) is 0 Å². The van der Waals surface area contributed by atoms with Gasteiger partial charge in [0, 0.05) is 11.6 Å². The monoisotopic (exact) mass is 283 g/mol. The Labute approximate surface area is 126 Å². The first-order valence-electron chi connectivity index (χ1n) is 8.90. The molecular formula is C17H37N3. The predicted molar refractivity (Wildman–Crippen MR) is 88.6 cm³/mol. The minimum Gasteiger partial charge on any atom is -0.296 e. The molecule has 0 saturated carbocycles. The summed E-state index contributed by atoms with van der Waals surface area (Å²) in [6.07, 6.45) is 13.2. The van der Waals surface area contributed by atoms with Crippen molar-refractivity contribution in [2.75, 3.05) is 13.1 Å². The molecule has 3 nitrogen and oxygen atoms in total. The molecule has 0 aromatic carbocycles. The van der Waals surface area contributed by atoms with Crippen molar-refractivity contribution in [3.8, 4) is 0 Å². The van der Waals surface area contributed by atoms with Gasteiger partial charge < -0.3 is 0 Å². The van der Waals surface area contributed by atoms with Crippen molar-refractivity contribution in [1.29, 1.82) is 0 Å². The zero-order chi connectivity index (χ0) is 14.8. The molecule has 0 radical (unpaired) electrons. The fourth-order valence-corrected chi connectivity index (χ4v) is 3.62. The normalized spacial score (nSPS) is 21.6. The third-order valence-electron chi connectivity index (χ3n) is 5.34. The minimum absolute atomic E-state index is 0.222. The highest BCUT2D eigenvalue weighted by Crippen LogP contribution is 2.29. The van der Waals surface area contributed by atoms with Crippen LogP contribution in [0.15, 0.2) is 0 Å². The fourth-order valence-electron chi connectivity index (χ4n) is 3.62. The van der Waals surface area contributed by atoms with E-state index in [0.29, 0.717) is 6.04 Å². The first-order chi connectivity index (χ1) is 9.69. The Morgan fingerprint density at radius 1 is 1.05 bits per heavy atom. The van der Waals surface area contributed by atoms with Crippen molar-refractivity contribution in [1.82, 2.24) is 10.3 Å². The van der Waals surface area contributed by atoms with Crippen LogP contribution in [-0.2, 0) is 0 Å². The average Bonchev–Trinajstić information content (AvgIpc) is 2.51. The van der Waals surface area contributed by atoms with Crippen LogP contribution in [0.2, 0.25) is 0 Å². The number of nitrogens with two attached hydrogens (primary N) is 1. The molecule has 1 fully saturated rings. The summed E-state index contributed by atoms with van der Waals surface area (Å²) in [5.41, 5.74) is 3.36. The van der Waals surface area contributed by atoms with Gasteiger partial charge in [-0.15, -0.1) is 0 Å². The van der Waals surface area contributed by atoms with Crippen molar-refractivity contribution in [3.05, 3.63) is 0 Å². The van der Waals surface area contributed by atoms with Gasteiger partial charge in [0.15, 0.2) is 0 Å². The average molecular weight is 284 g/mol. The third-order valence-corrected chi connectivity index (χ3v) is 5.34. The Hall–Kier alpha value is -0.120. The number of hydrazine groups is 1. The summed E-state index contributed by atoms with van der Waals surface area (Å²) in [6.45, 7) is 9.50. The van der Waals surface area contributed by atoms with E-state index in [-0.39, 0.29) is 5.54 Å². The van der Waals surface area contributed by atoms with Crippen LogP contribution in [0.4, 0.5) is 0 Å². The Morgan fingerprint density at radius 3 is 2.25 bits per heavy atom. The number of unbranched alkanes of at least 4 members (excludes halogenated alkanes) is 4. The zero-order valence-corrected chi connectivity index (χ0v) is 14.1. The van der Waals surface area contributed by atoms with Gasteiger partial charge in [-0.2, -0.15) is 0 Å². The van der Waals surface area contributed by atoms with E-state index in [1.54, 1.807) is 0 Å². The van der Waals surface area contributed by atoms with Crippen molar-refractivity contribution in [2.24, 2.45) is 5.84 Å². The lowest BCUT2D eigenvalue weighted by Crippen LogP contribution is -2.61. The van der Waals surface area contributed by atoms with E-state index in [0.717, 1.165) is 0 Å². The molecule has 1 aliphatic heterocycles. The van der Waals surface area contributed by atoms with E-state index >= 15 is 0 Å². The van der Waals surface area contributed by atoms with E-state index in [1.165, 1.54) is 77.3 Å². The van der Waals surface area contributed by atoms with Crippen LogP contribution >= 0.6 is 0 Å². The maximum absolute atomic E-state index is 5.91. The number of hydrogen-bond acceptors (Lipinski definition) is 3. The van der Waals surface area contributed by atoms with Crippen molar-refractivity contribution in [2.45, 2.75) is 96.6 Å². The molecule has 3 N–H and O–H groups in total. The van der Waals surface area contributed by atoms with Crippen LogP contribution < -0.4 is 11.3 Å². The Bertz CT molecular complexity index is 238. The standard InChI is InChI=1S/C17H37N3/c1-4-6-7-8-10-13-16(19-18)17(3,5-2)20-14-11-9-12-15-20/h16,19H,4-15,18H2,1-3H3. The fraction of sp³-hybridized carbons (Fsp3) is 1.00. The molecule has 1 saturated heterocycles. The van der Waals surface area contributed by atoms with Gasteiger partial charge >= 0.3 is 0 Å². The van der Waals surface area contributed by atoms with Gasteiger partial charge in [-0.3, -0.25) is 16.2 Å². The molecule has 0 amide bonds. The Morgan fingerprint density at radius 2 is 1.70 bits per heavy atom. The molecule has 0 aliphatic carbocycles. The van der Waals surface area contributed by atoms with E-state index in [1.807, 2.05) is 0 Å². The van der Waals surface area contributed by atoms with E-state index in [9.17, 15) is 0 Å². The Kier molecular flexibility index (Phi) is 8.74. The van der Waals surface area contributed by atoms with Crippen LogP contribution in [0.3, 0.4) is 0 Å². The smallest absolute Gasteiger partial charge is 0.0392 e. The summed E-state index contributed by atoms with van der Waals surface area (Å²) in [5.74, 6) is 5.91. The minimum atomic E-state index is 0.222. The Balaban J connectivity index is 2.49. The largest absolute Gasteiger partial charge is 0.296 e. The number of piperidine rings is 1. The van der Waals surface area contributed by atoms with E-state index < -0.39 is 0 Å². The number of nitrogens with zero attached hydrogens (tertiary/aromatic N) is 1. The predicted octanol–water partition coefficient (Wildman–Crippen LogP) is 3.83. The lowest BCUT2D eigenvalue weighted by molar-refractivity contribution is 0.0394. The molecular weight excluding hydrogens is 246 g/mol. The lowest BCUT2D eigenvalue weighted by Gasteiger charge is -2.48. The summed E-state index contributed by atoms with van der Waals surface area (Å²) < 4.78 is 0. The highest BCUT2D eigenvalue weighted by atomic mass is 15.3. The molecule has 0 aromatic rings. The van der Waals surface area contributed by atoms with Gasteiger partial charge in [0.2, 0.25) is 0 Å². The van der Waals surface area contributed by atoms with Gasteiger partial charge in [-0.25, -0.2) is 0 Å². The molecule has 2 unspecified atom stereocenters. The first kappa shape index (κ1) is 17.9. The zero-order valence-electron chi connectivity index (χ0n) is 14.1. The van der Waals surface area contributed by atoms with Crippen molar-refractivity contribution >= 4 is 0 Å². The summed E-state index contributed by atoms with van der Waals surface area (Å²) in [6, 6.07) is 0.423. The second-order valence-corrected chi connectivity index (χ2v) is 6.68. The second-order valence-electron chi connectivity index (χ2n) is 6.68.